The highest BCUT2D eigenvalue weighted by Gasteiger charge is 2.22. The average molecular weight is 574 g/mol. The SMILES string of the molecule is CCCCCCC(=N)SC(=N)c1cnc(-c2ccc(CC(NC(=O)c3ccc(C(C)(C)C)cc3)C(=O)O)cc2)nc1. The van der Waals surface area contributed by atoms with Crippen LogP contribution in [0.1, 0.15) is 86.8 Å². The molecule has 0 aliphatic carbocycles. The van der Waals surface area contributed by atoms with E-state index in [0.717, 1.165) is 54.1 Å². The molecule has 1 atom stereocenters. The Labute approximate surface area is 246 Å². The van der Waals surface area contributed by atoms with Gasteiger partial charge in [0, 0.05) is 35.5 Å². The number of carboxylic acid groups (broad SMARTS) is 1. The van der Waals surface area contributed by atoms with Gasteiger partial charge in [-0.25, -0.2) is 14.8 Å². The molecule has 0 aliphatic heterocycles. The Morgan fingerprint density at radius 2 is 1.56 bits per heavy atom. The molecule has 1 heterocycles. The molecule has 8 nitrogen and oxygen atoms in total. The molecule has 2 aromatic carbocycles. The van der Waals surface area contributed by atoms with Crippen LogP contribution in [0.3, 0.4) is 0 Å². The molecule has 41 heavy (non-hydrogen) atoms. The molecule has 0 saturated heterocycles. The Bertz CT molecular complexity index is 1350. The third-order valence-corrected chi connectivity index (χ3v) is 7.56. The van der Waals surface area contributed by atoms with Crippen LogP contribution in [-0.4, -0.2) is 43.1 Å². The first-order chi connectivity index (χ1) is 19.5. The second-order valence-corrected chi connectivity index (χ2v) is 12.2. The number of nitrogens with one attached hydrogen (secondary N) is 3. The van der Waals surface area contributed by atoms with Crippen LogP contribution >= 0.6 is 11.8 Å². The zero-order chi connectivity index (χ0) is 30.0. The summed E-state index contributed by atoms with van der Waals surface area (Å²) in [5, 5.41) is 29.5. The van der Waals surface area contributed by atoms with Gasteiger partial charge in [-0.05, 0) is 41.5 Å². The summed E-state index contributed by atoms with van der Waals surface area (Å²) in [4.78, 5) is 33.4. The van der Waals surface area contributed by atoms with Gasteiger partial charge in [-0.2, -0.15) is 0 Å². The van der Waals surface area contributed by atoms with Gasteiger partial charge < -0.3 is 10.4 Å². The number of rotatable bonds is 12. The number of carbonyl (C=O) groups excluding carboxylic acids is 1. The summed E-state index contributed by atoms with van der Waals surface area (Å²) in [6.07, 6.45) is 8.34. The van der Waals surface area contributed by atoms with Gasteiger partial charge in [-0.15, -0.1) is 0 Å². The van der Waals surface area contributed by atoms with Crippen molar-refractivity contribution in [2.45, 2.75) is 77.7 Å². The monoisotopic (exact) mass is 573 g/mol. The maximum Gasteiger partial charge on any atom is 0.326 e. The lowest BCUT2D eigenvalue weighted by Crippen LogP contribution is -2.42. The van der Waals surface area contributed by atoms with E-state index in [9.17, 15) is 14.7 Å². The molecular formula is C32H39N5O3S. The molecule has 4 N–H and O–H groups in total. The van der Waals surface area contributed by atoms with E-state index in [1.165, 1.54) is 0 Å². The van der Waals surface area contributed by atoms with E-state index >= 15 is 0 Å². The van der Waals surface area contributed by atoms with E-state index in [0.29, 0.717) is 28.4 Å². The molecule has 0 radical (unpaired) electrons. The molecule has 1 unspecified atom stereocenters. The van der Waals surface area contributed by atoms with Crippen molar-refractivity contribution in [3.05, 3.63) is 83.2 Å². The van der Waals surface area contributed by atoms with Crippen molar-refractivity contribution in [1.82, 2.24) is 15.3 Å². The van der Waals surface area contributed by atoms with Gasteiger partial charge in [0.05, 0.1) is 5.04 Å². The van der Waals surface area contributed by atoms with Gasteiger partial charge in [0.2, 0.25) is 0 Å². The highest BCUT2D eigenvalue weighted by molar-refractivity contribution is 8.26. The van der Waals surface area contributed by atoms with Crippen LogP contribution in [0.25, 0.3) is 11.4 Å². The van der Waals surface area contributed by atoms with Crippen molar-refractivity contribution in [1.29, 1.82) is 10.8 Å². The molecule has 1 amide bonds. The molecule has 0 fully saturated rings. The summed E-state index contributed by atoms with van der Waals surface area (Å²) in [5.74, 6) is -1.06. The van der Waals surface area contributed by atoms with E-state index in [4.69, 9.17) is 10.8 Å². The minimum absolute atomic E-state index is 0.0435. The fourth-order valence-electron chi connectivity index (χ4n) is 4.13. The summed E-state index contributed by atoms with van der Waals surface area (Å²) in [6, 6.07) is 13.3. The van der Waals surface area contributed by atoms with Crippen LogP contribution in [-0.2, 0) is 16.6 Å². The lowest BCUT2D eigenvalue weighted by Gasteiger charge is -2.19. The Morgan fingerprint density at radius 1 is 0.927 bits per heavy atom. The number of hydrogen-bond donors (Lipinski definition) is 4. The number of unbranched alkanes of at least 4 members (excludes halogenated alkanes) is 3. The Balaban J connectivity index is 1.58. The number of aliphatic carboxylic acids is 1. The van der Waals surface area contributed by atoms with Crippen molar-refractivity contribution in [3.63, 3.8) is 0 Å². The first-order valence-electron chi connectivity index (χ1n) is 13.9. The lowest BCUT2D eigenvalue weighted by atomic mass is 9.86. The summed E-state index contributed by atoms with van der Waals surface area (Å²) in [7, 11) is 0. The fraction of sp³-hybridized carbons (Fsp3) is 0.375. The zero-order valence-electron chi connectivity index (χ0n) is 24.2. The van der Waals surface area contributed by atoms with E-state index < -0.39 is 17.9 Å². The third-order valence-electron chi connectivity index (χ3n) is 6.67. The van der Waals surface area contributed by atoms with Crippen molar-refractivity contribution >= 4 is 33.7 Å². The van der Waals surface area contributed by atoms with Crippen LogP contribution in [0.2, 0.25) is 0 Å². The zero-order valence-corrected chi connectivity index (χ0v) is 25.0. The maximum atomic E-state index is 12.7. The Hall–Kier alpha value is -3.85. The largest absolute Gasteiger partial charge is 0.480 e. The minimum Gasteiger partial charge on any atom is -0.480 e. The molecule has 3 aromatic rings. The second kappa shape index (κ2) is 14.7. The number of nitrogens with zero attached hydrogens (tertiary/aromatic N) is 2. The molecule has 9 heteroatoms. The van der Waals surface area contributed by atoms with Crippen LogP contribution < -0.4 is 5.32 Å². The van der Waals surface area contributed by atoms with Crippen LogP contribution in [0.15, 0.2) is 60.9 Å². The summed E-state index contributed by atoms with van der Waals surface area (Å²) in [5.41, 5.74) is 3.51. The standard InChI is InChI=1S/C32H39N5O3S/c1-5-6-7-8-9-27(33)41-28(34)24-19-35-29(36-20-24)22-12-10-21(11-13-22)18-26(31(39)40)37-30(38)23-14-16-25(17-15-23)32(2,3)4/h10-17,19-20,26,33-34H,5-9,18H2,1-4H3,(H,37,38)(H,39,40). The predicted molar refractivity (Wildman–Crippen MR) is 166 cm³/mol. The quantitative estimate of drug-likeness (QED) is 0.106. The van der Waals surface area contributed by atoms with Crippen molar-refractivity contribution in [2.75, 3.05) is 0 Å². The van der Waals surface area contributed by atoms with Gasteiger partial charge >= 0.3 is 5.97 Å². The number of amides is 1. The van der Waals surface area contributed by atoms with Gasteiger partial charge in [-0.1, -0.05) is 95.1 Å². The van der Waals surface area contributed by atoms with Crippen molar-refractivity contribution in [2.24, 2.45) is 0 Å². The molecule has 0 bridgehead atoms. The van der Waals surface area contributed by atoms with Gasteiger partial charge in [-0.3, -0.25) is 15.6 Å². The van der Waals surface area contributed by atoms with E-state index in [-0.39, 0.29) is 16.9 Å². The van der Waals surface area contributed by atoms with E-state index in [2.05, 4.69) is 43.0 Å². The maximum absolute atomic E-state index is 12.7. The summed E-state index contributed by atoms with van der Waals surface area (Å²) in [6.45, 7) is 8.42. The second-order valence-electron chi connectivity index (χ2n) is 11.1. The van der Waals surface area contributed by atoms with E-state index in [1.54, 1.807) is 36.7 Å². The highest BCUT2D eigenvalue weighted by atomic mass is 32.2. The number of benzene rings is 2. The molecule has 216 valence electrons. The summed E-state index contributed by atoms with van der Waals surface area (Å²) < 4.78 is 0. The smallest absolute Gasteiger partial charge is 0.326 e. The van der Waals surface area contributed by atoms with Crippen LogP contribution in [0.4, 0.5) is 0 Å². The van der Waals surface area contributed by atoms with Gasteiger partial charge in [0.25, 0.3) is 5.91 Å². The Morgan fingerprint density at radius 3 is 2.12 bits per heavy atom. The Kier molecular flexibility index (Phi) is 11.3. The molecule has 1 aromatic heterocycles. The first-order valence-corrected chi connectivity index (χ1v) is 14.7. The molecular weight excluding hydrogens is 534 g/mol. The van der Waals surface area contributed by atoms with E-state index in [1.807, 2.05) is 24.3 Å². The number of carbonyl (C=O) groups is 2. The summed E-state index contributed by atoms with van der Waals surface area (Å²) >= 11 is 1.14. The van der Waals surface area contributed by atoms with Crippen molar-refractivity contribution in [3.8, 4) is 11.4 Å². The highest BCUT2D eigenvalue weighted by Crippen LogP contribution is 2.23. The molecule has 3 rings (SSSR count). The minimum atomic E-state index is -1.11. The molecule has 0 saturated carbocycles. The van der Waals surface area contributed by atoms with Gasteiger partial charge in [0.15, 0.2) is 5.82 Å². The normalized spacial score (nSPS) is 12.0. The fourth-order valence-corrected chi connectivity index (χ4v) is 4.84. The number of hydrogen-bond acceptors (Lipinski definition) is 7. The predicted octanol–water partition coefficient (Wildman–Crippen LogP) is 6.87. The molecule has 0 aliphatic rings. The van der Waals surface area contributed by atoms with Crippen molar-refractivity contribution < 1.29 is 14.7 Å². The number of thioether (sulfide) groups is 1. The topological polar surface area (TPSA) is 140 Å². The number of aromatic nitrogens is 2. The van der Waals surface area contributed by atoms with Crippen LogP contribution in [0.5, 0.6) is 0 Å². The third kappa shape index (κ3) is 9.63. The van der Waals surface area contributed by atoms with Crippen LogP contribution in [0, 0.1) is 10.8 Å². The average Bonchev–Trinajstić information content (AvgIpc) is 2.95. The first kappa shape index (κ1) is 31.7. The molecule has 0 spiro atoms. The number of carboxylic acids is 1. The van der Waals surface area contributed by atoms with Gasteiger partial charge in [0.1, 0.15) is 11.1 Å². The lowest BCUT2D eigenvalue weighted by molar-refractivity contribution is -0.139.